The first-order valence-corrected chi connectivity index (χ1v) is 4.14. The largest absolute Gasteiger partial charge is 0.396 e. The van der Waals surface area contributed by atoms with E-state index in [1.165, 1.54) is 0 Å². The zero-order valence-electron chi connectivity index (χ0n) is 7.62. The maximum Gasteiger partial charge on any atom is 0.0663 e. The molecular formula is C9H18O3. The second kappa shape index (κ2) is 6.17. The van der Waals surface area contributed by atoms with Crippen molar-refractivity contribution in [3.05, 3.63) is 12.7 Å². The molecule has 3 heteroatoms. The van der Waals surface area contributed by atoms with Crippen molar-refractivity contribution in [2.24, 2.45) is 0 Å². The molecule has 0 aromatic carbocycles. The van der Waals surface area contributed by atoms with Gasteiger partial charge >= 0.3 is 0 Å². The fraction of sp³-hybridized carbons (Fsp3) is 0.778. The van der Waals surface area contributed by atoms with Crippen molar-refractivity contribution in [1.82, 2.24) is 0 Å². The predicted molar refractivity (Wildman–Crippen MR) is 48.0 cm³/mol. The maximum absolute atomic E-state index is 9.55. The van der Waals surface area contributed by atoms with Gasteiger partial charge in [0, 0.05) is 13.2 Å². The number of aliphatic hydroxyl groups excluding tert-OH is 1. The molecule has 0 aliphatic heterocycles. The van der Waals surface area contributed by atoms with Gasteiger partial charge in [-0.3, -0.25) is 0 Å². The number of hydrogen-bond donors (Lipinski definition) is 2. The van der Waals surface area contributed by atoms with E-state index in [1.807, 2.05) is 0 Å². The molecule has 0 aromatic heterocycles. The van der Waals surface area contributed by atoms with E-state index in [0.717, 1.165) is 0 Å². The van der Waals surface area contributed by atoms with E-state index in [1.54, 1.807) is 13.0 Å². The molecule has 0 spiro atoms. The van der Waals surface area contributed by atoms with Crippen LogP contribution in [0, 0.1) is 0 Å². The third-order valence-electron chi connectivity index (χ3n) is 1.67. The van der Waals surface area contributed by atoms with Gasteiger partial charge in [0.05, 0.1) is 12.2 Å². The SMILES string of the molecule is C=CCOCCC(C)(O)CCO. The third kappa shape index (κ3) is 6.34. The average Bonchev–Trinajstić information content (AvgIpc) is 1.98. The summed E-state index contributed by atoms with van der Waals surface area (Å²) in [6.45, 7) is 6.21. The predicted octanol–water partition coefficient (Wildman–Crippen LogP) is 0.712. The summed E-state index contributed by atoms with van der Waals surface area (Å²) in [6, 6.07) is 0. The molecule has 0 saturated heterocycles. The molecule has 72 valence electrons. The fourth-order valence-corrected chi connectivity index (χ4v) is 0.825. The first-order chi connectivity index (χ1) is 5.62. The fourth-order valence-electron chi connectivity index (χ4n) is 0.825. The third-order valence-corrected chi connectivity index (χ3v) is 1.67. The molecule has 1 unspecified atom stereocenters. The molecule has 0 amide bonds. The van der Waals surface area contributed by atoms with Crippen molar-refractivity contribution in [3.63, 3.8) is 0 Å². The molecular weight excluding hydrogens is 156 g/mol. The Morgan fingerprint density at radius 1 is 1.50 bits per heavy atom. The smallest absolute Gasteiger partial charge is 0.0663 e. The van der Waals surface area contributed by atoms with Crippen molar-refractivity contribution in [1.29, 1.82) is 0 Å². The summed E-state index contributed by atoms with van der Waals surface area (Å²) < 4.78 is 5.11. The van der Waals surface area contributed by atoms with Crippen LogP contribution in [0.25, 0.3) is 0 Å². The van der Waals surface area contributed by atoms with E-state index in [-0.39, 0.29) is 6.61 Å². The molecule has 0 aromatic rings. The maximum atomic E-state index is 9.55. The van der Waals surface area contributed by atoms with E-state index in [2.05, 4.69) is 6.58 Å². The van der Waals surface area contributed by atoms with Crippen LogP contribution in [-0.2, 0) is 4.74 Å². The van der Waals surface area contributed by atoms with Crippen molar-refractivity contribution in [3.8, 4) is 0 Å². The minimum atomic E-state index is -0.810. The molecule has 0 rings (SSSR count). The van der Waals surface area contributed by atoms with Crippen LogP contribution in [0.1, 0.15) is 19.8 Å². The van der Waals surface area contributed by atoms with Crippen molar-refractivity contribution in [2.45, 2.75) is 25.4 Å². The van der Waals surface area contributed by atoms with Gasteiger partial charge in [0.15, 0.2) is 0 Å². The van der Waals surface area contributed by atoms with Crippen molar-refractivity contribution >= 4 is 0 Å². The normalized spacial score (nSPS) is 15.6. The molecule has 0 aliphatic rings. The van der Waals surface area contributed by atoms with Crippen LogP contribution in [0.5, 0.6) is 0 Å². The van der Waals surface area contributed by atoms with Crippen LogP contribution < -0.4 is 0 Å². The second-order valence-electron chi connectivity index (χ2n) is 3.08. The van der Waals surface area contributed by atoms with Crippen LogP contribution in [0.15, 0.2) is 12.7 Å². The lowest BCUT2D eigenvalue weighted by Crippen LogP contribution is -2.27. The van der Waals surface area contributed by atoms with Crippen molar-refractivity contribution in [2.75, 3.05) is 19.8 Å². The lowest BCUT2D eigenvalue weighted by Gasteiger charge is -2.21. The molecule has 2 N–H and O–H groups in total. The lowest BCUT2D eigenvalue weighted by atomic mass is 9.99. The summed E-state index contributed by atoms with van der Waals surface area (Å²) in [4.78, 5) is 0. The highest BCUT2D eigenvalue weighted by Gasteiger charge is 2.18. The van der Waals surface area contributed by atoms with Crippen LogP contribution in [0.2, 0.25) is 0 Å². The number of hydrogen-bond acceptors (Lipinski definition) is 3. The number of rotatable bonds is 7. The molecule has 0 heterocycles. The minimum Gasteiger partial charge on any atom is -0.396 e. The van der Waals surface area contributed by atoms with Gasteiger partial charge in [-0.1, -0.05) is 6.08 Å². The first-order valence-electron chi connectivity index (χ1n) is 4.14. The molecule has 0 fully saturated rings. The van der Waals surface area contributed by atoms with E-state index in [9.17, 15) is 5.11 Å². The lowest BCUT2D eigenvalue weighted by molar-refractivity contribution is 0.000798. The van der Waals surface area contributed by atoms with Gasteiger partial charge in [0.25, 0.3) is 0 Å². The summed E-state index contributed by atoms with van der Waals surface area (Å²) in [5.41, 5.74) is -0.810. The summed E-state index contributed by atoms with van der Waals surface area (Å²) >= 11 is 0. The Hall–Kier alpha value is -0.380. The van der Waals surface area contributed by atoms with E-state index in [4.69, 9.17) is 9.84 Å². The Morgan fingerprint density at radius 2 is 2.17 bits per heavy atom. The molecule has 0 aliphatic carbocycles. The van der Waals surface area contributed by atoms with E-state index < -0.39 is 5.60 Å². The topological polar surface area (TPSA) is 49.7 Å². The first kappa shape index (κ1) is 11.6. The Morgan fingerprint density at radius 3 is 2.67 bits per heavy atom. The summed E-state index contributed by atoms with van der Waals surface area (Å²) in [5.74, 6) is 0. The van der Waals surface area contributed by atoms with Gasteiger partial charge in [0.1, 0.15) is 0 Å². The highest BCUT2D eigenvalue weighted by molar-refractivity contribution is 4.72. The quantitative estimate of drug-likeness (QED) is 0.441. The van der Waals surface area contributed by atoms with Gasteiger partial charge in [-0.2, -0.15) is 0 Å². The highest BCUT2D eigenvalue weighted by Crippen LogP contribution is 2.13. The molecule has 1 atom stereocenters. The molecule has 0 saturated carbocycles. The van der Waals surface area contributed by atoms with E-state index >= 15 is 0 Å². The minimum absolute atomic E-state index is 0.00839. The van der Waals surface area contributed by atoms with Crippen LogP contribution in [0.3, 0.4) is 0 Å². The molecule has 0 bridgehead atoms. The Balaban J connectivity index is 3.39. The standard InChI is InChI=1S/C9H18O3/c1-3-7-12-8-5-9(2,11)4-6-10/h3,10-11H,1,4-8H2,2H3. The van der Waals surface area contributed by atoms with Crippen LogP contribution in [-0.4, -0.2) is 35.6 Å². The number of aliphatic hydroxyl groups is 2. The zero-order chi connectivity index (χ0) is 9.45. The van der Waals surface area contributed by atoms with Gasteiger partial charge < -0.3 is 14.9 Å². The monoisotopic (exact) mass is 174 g/mol. The van der Waals surface area contributed by atoms with Crippen LogP contribution in [0.4, 0.5) is 0 Å². The van der Waals surface area contributed by atoms with E-state index in [0.29, 0.717) is 26.1 Å². The van der Waals surface area contributed by atoms with Gasteiger partial charge in [-0.05, 0) is 19.8 Å². The van der Waals surface area contributed by atoms with Gasteiger partial charge in [0.2, 0.25) is 0 Å². The summed E-state index contributed by atoms with van der Waals surface area (Å²) in [6.07, 6.45) is 2.60. The summed E-state index contributed by atoms with van der Waals surface area (Å²) in [7, 11) is 0. The number of ether oxygens (including phenoxy) is 1. The molecule has 0 radical (unpaired) electrons. The Kier molecular flexibility index (Phi) is 5.98. The molecule has 12 heavy (non-hydrogen) atoms. The molecule has 3 nitrogen and oxygen atoms in total. The Bertz CT molecular complexity index is 121. The summed E-state index contributed by atoms with van der Waals surface area (Å²) in [5, 5.41) is 18.1. The van der Waals surface area contributed by atoms with Gasteiger partial charge in [-0.25, -0.2) is 0 Å². The van der Waals surface area contributed by atoms with Crippen molar-refractivity contribution < 1.29 is 14.9 Å². The van der Waals surface area contributed by atoms with Gasteiger partial charge in [-0.15, -0.1) is 6.58 Å². The van der Waals surface area contributed by atoms with Crippen LogP contribution >= 0.6 is 0 Å². The Labute approximate surface area is 73.7 Å². The zero-order valence-corrected chi connectivity index (χ0v) is 7.62. The highest BCUT2D eigenvalue weighted by atomic mass is 16.5. The average molecular weight is 174 g/mol. The second-order valence-corrected chi connectivity index (χ2v) is 3.08.